The Labute approximate surface area is 146 Å². The number of carbonyl (C=O) groups is 2. The number of carbonyl (C=O) groups excluding carboxylic acids is 2. The van der Waals surface area contributed by atoms with Gasteiger partial charge >= 0.3 is 0 Å². The van der Waals surface area contributed by atoms with E-state index in [4.69, 9.17) is 10.2 Å². The minimum atomic E-state index is -0.627. The van der Waals surface area contributed by atoms with Crippen LogP contribution in [-0.4, -0.2) is 29.4 Å². The van der Waals surface area contributed by atoms with Gasteiger partial charge in [0.2, 0.25) is 11.8 Å². The lowest BCUT2D eigenvalue weighted by Crippen LogP contribution is -2.46. The molecule has 8 heteroatoms. The van der Waals surface area contributed by atoms with E-state index in [0.717, 1.165) is 5.56 Å². The highest BCUT2D eigenvalue weighted by Gasteiger charge is 2.17. The van der Waals surface area contributed by atoms with Crippen LogP contribution in [0.15, 0.2) is 41.3 Å². The molecule has 7 nitrogen and oxygen atoms in total. The van der Waals surface area contributed by atoms with Crippen LogP contribution in [0.4, 0.5) is 5.69 Å². The third-order valence-electron chi connectivity index (χ3n) is 3.31. The van der Waals surface area contributed by atoms with Gasteiger partial charge < -0.3 is 20.8 Å². The van der Waals surface area contributed by atoms with Gasteiger partial charge in [-0.3, -0.25) is 9.59 Å². The van der Waals surface area contributed by atoms with Crippen molar-refractivity contribution in [3.8, 4) is 11.3 Å². The maximum atomic E-state index is 11.9. The highest BCUT2D eigenvalue weighted by molar-refractivity contribution is 5.95. The number of aromatic nitrogens is 1. The normalized spacial score (nSPS) is 11.5. The van der Waals surface area contributed by atoms with E-state index in [1.807, 2.05) is 19.9 Å². The summed E-state index contributed by atoms with van der Waals surface area (Å²) < 4.78 is 5.21. The van der Waals surface area contributed by atoms with E-state index in [-0.39, 0.29) is 36.7 Å². The molecule has 0 spiro atoms. The number of oxazole rings is 1. The molecule has 1 heterocycles. The average molecular weight is 353 g/mol. The van der Waals surface area contributed by atoms with E-state index in [9.17, 15) is 9.59 Å². The van der Waals surface area contributed by atoms with Gasteiger partial charge in [-0.1, -0.05) is 26.0 Å². The molecule has 0 aliphatic carbocycles. The van der Waals surface area contributed by atoms with Crippen LogP contribution in [0.1, 0.15) is 13.8 Å². The minimum Gasteiger partial charge on any atom is -0.444 e. The van der Waals surface area contributed by atoms with Crippen molar-refractivity contribution in [1.82, 2.24) is 10.3 Å². The molecule has 130 valence electrons. The molecule has 4 N–H and O–H groups in total. The maximum absolute atomic E-state index is 11.9. The van der Waals surface area contributed by atoms with Crippen molar-refractivity contribution in [1.29, 1.82) is 0 Å². The molecule has 2 amide bonds. The molecule has 0 fully saturated rings. The molecule has 2 rings (SSSR count). The summed E-state index contributed by atoms with van der Waals surface area (Å²) in [5.74, 6) is -0.0523. The first-order valence-electron chi connectivity index (χ1n) is 7.29. The quantitative estimate of drug-likeness (QED) is 0.734. The lowest BCUT2D eigenvalue weighted by Gasteiger charge is -2.15. The number of hydrogen-bond donors (Lipinski definition) is 3. The van der Waals surface area contributed by atoms with Crippen LogP contribution in [0.2, 0.25) is 0 Å². The molecule has 1 atom stereocenters. The molecule has 0 radical (unpaired) electrons. The van der Waals surface area contributed by atoms with E-state index in [0.29, 0.717) is 11.4 Å². The summed E-state index contributed by atoms with van der Waals surface area (Å²) in [7, 11) is 0. The molecule has 0 bridgehead atoms. The molecule has 0 aliphatic heterocycles. The first kappa shape index (κ1) is 19.7. The maximum Gasteiger partial charge on any atom is 0.243 e. The molecule has 1 aromatic carbocycles. The third kappa shape index (κ3) is 5.36. The van der Waals surface area contributed by atoms with E-state index in [1.165, 1.54) is 6.39 Å². The first-order valence-corrected chi connectivity index (χ1v) is 7.29. The summed E-state index contributed by atoms with van der Waals surface area (Å²) in [5.41, 5.74) is 7.11. The molecule has 2 aromatic rings. The van der Waals surface area contributed by atoms with Crippen molar-refractivity contribution in [3.63, 3.8) is 0 Å². The highest BCUT2D eigenvalue weighted by Crippen LogP contribution is 2.21. The number of nitrogens with two attached hydrogens (primary N) is 1. The van der Waals surface area contributed by atoms with Crippen molar-refractivity contribution in [2.24, 2.45) is 11.7 Å². The predicted octanol–water partition coefficient (Wildman–Crippen LogP) is 1.80. The van der Waals surface area contributed by atoms with Crippen LogP contribution in [0, 0.1) is 5.92 Å². The first-order chi connectivity index (χ1) is 11.0. The molecule has 0 unspecified atom stereocenters. The molecule has 1 aromatic heterocycles. The van der Waals surface area contributed by atoms with Gasteiger partial charge in [0.25, 0.3) is 0 Å². The number of hydrogen-bond acceptors (Lipinski definition) is 5. The fourth-order valence-electron chi connectivity index (χ4n) is 1.90. The van der Waals surface area contributed by atoms with Gasteiger partial charge in [-0.2, -0.15) is 0 Å². The van der Waals surface area contributed by atoms with Gasteiger partial charge in [0.1, 0.15) is 0 Å². The number of anilines is 1. The summed E-state index contributed by atoms with van der Waals surface area (Å²) >= 11 is 0. The number of benzene rings is 1. The molecule has 24 heavy (non-hydrogen) atoms. The van der Waals surface area contributed by atoms with E-state index >= 15 is 0 Å². The summed E-state index contributed by atoms with van der Waals surface area (Å²) in [5, 5.41) is 5.23. The Hall–Kier alpha value is -2.38. The Balaban J connectivity index is 0.00000288. The Kier molecular flexibility index (Phi) is 7.41. The Morgan fingerprint density at radius 2 is 2.08 bits per heavy atom. The van der Waals surface area contributed by atoms with Crippen molar-refractivity contribution in [2.45, 2.75) is 19.9 Å². The van der Waals surface area contributed by atoms with Crippen molar-refractivity contribution in [2.75, 3.05) is 11.9 Å². The molecule has 0 saturated carbocycles. The zero-order chi connectivity index (χ0) is 16.8. The molecular weight excluding hydrogens is 332 g/mol. The SMILES string of the molecule is CC(C)[C@H](N)C(=O)NCC(=O)Nc1cccc(-c2cnco2)c1.Cl. The molecule has 0 aliphatic rings. The largest absolute Gasteiger partial charge is 0.444 e. The number of rotatable bonds is 6. The smallest absolute Gasteiger partial charge is 0.243 e. The van der Waals surface area contributed by atoms with Gasteiger partial charge in [0.15, 0.2) is 12.2 Å². The highest BCUT2D eigenvalue weighted by atomic mass is 35.5. The van der Waals surface area contributed by atoms with Gasteiger partial charge in [0, 0.05) is 11.3 Å². The zero-order valence-electron chi connectivity index (χ0n) is 13.5. The Bertz CT molecular complexity index is 674. The number of amides is 2. The summed E-state index contributed by atoms with van der Waals surface area (Å²) in [6, 6.07) is 6.53. The lowest BCUT2D eigenvalue weighted by atomic mass is 10.1. The fraction of sp³-hybridized carbons (Fsp3) is 0.312. The Morgan fingerprint density at radius 1 is 1.33 bits per heavy atom. The van der Waals surface area contributed by atoms with E-state index in [2.05, 4.69) is 15.6 Å². The zero-order valence-corrected chi connectivity index (χ0v) is 14.3. The second-order valence-corrected chi connectivity index (χ2v) is 5.48. The summed E-state index contributed by atoms with van der Waals surface area (Å²) in [6.07, 6.45) is 2.93. The van der Waals surface area contributed by atoms with Crippen LogP contribution in [0.5, 0.6) is 0 Å². The van der Waals surface area contributed by atoms with Crippen LogP contribution in [0.3, 0.4) is 0 Å². The second-order valence-electron chi connectivity index (χ2n) is 5.48. The summed E-state index contributed by atoms with van der Waals surface area (Å²) in [6.45, 7) is 3.56. The van der Waals surface area contributed by atoms with Crippen LogP contribution in [-0.2, 0) is 9.59 Å². The number of halogens is 1. The van der Waals surface area contributed by atoms with Crippen LogP contribution in [0.25, 0.3) is 11.3 Å². The number of nitrogens with one attached hydrogen (secondary N) is 2. The summed E-state index contributed by atoms with van der Waals surface area (Å²) in [4.78, 5) is 27.5. The van der Waals surface area contributed by atoms with Crippen molar-refractivity contribution in [3.05, 3.63) is 36.9 Å². The van der Waals surface area contributed by atoms with Gasteiger partial charge in [-0.15, -0.1) is 12.4 Å². The number of nitrogens with zero attached hydrogens (tertiary/aromatic N) is 1. The second kappa shape index (κ2) is 9.05. The van der Waals surface area contributed by atoms with E-state index < -0.39 is 6.04 Å². The van der Waals surface area contributed by atoms with Crippen molar-refractivity contribution < 1.29 is 14.0 Å². The van der Waals surface area contributed by atoms with Gasteiger partial charge in [0.05, 0.1) is 18.8 Å². The monoisotopic (exact) mass is 352 g/mol. The molecular formula is C16H21ClN4O3. The van der Waals surface area contributed by atoms with E-state index in [1.54, 1.807) is 24.4 Å². The molecule has 0 saturated heterocycles. The van der Waals surface area contributed by atoms with Crippen LogP contribution < -0.4 is 16.4 Å². The van der Waals surface area contributed by atoms with Gasteiger partial charge in [-0.25, -0.2) is 4.98 Å². The predicted molar refractivity (Wildman–Crippen MR) is 93.6 cm³/mol. The standard InChI is InChI=1S/C16H20N4O3.ClH/c1-10(2)15(17)16(22)19-8-14(21)20-12-5-3-4-11(6-12)13-7-18-9-23-13;/h3-7,9-10,15H,8,17H2,1-2H3,(H,19,22)(H,20,21);1H/t15-;/m0./s1. The Morgan fingerprint density at radius 3 is 2.71 bits per heavy atom. The third-order valence-corrected chi connectivity index (χ3v) is 3.31. The fourth-order valence-corrected chi connectivity index (χ4v) is 1.90. The lowest BCUT2D eigenvalue weighted by molar-refractivity contribution is -0.125. The van der Waals surface area contributed by atoms with Crippen molar-refractivity contribution >= 4 is 29.9 Å². The van der Waals surface area contributed by atoms with Crippen LogP contribution >= 0.6 is 12.4 Å². The minimum absolute atomic E-state index is 0. The average Bonchev–Trinajstić information content (AvgIpc) is 3.06. The van der Waals surface area contributed by atoms with Gasteiger partial charge in [-0.05, 0) is 18.1 Å². The topological polar surface area (TPSA) is 110 Å².